The van der Waals surface area contributed by atoms with Crippen molar-refractivity contribution >= 4 is 0 Å². The molecule has 4 heteroatoms. The van der Waals surface area contributed by atoms with E-state index in [4.69, 9.17) is 11.0 Å². The molecule has 0 radical (unpaired) electrons. The Morgan fingerprint density at radius 1 is 1.50 bits per heavy atom. The first-order valence-electron chi connectivity index (χ1n) is 7.22. The number of nitrogens with zero attached hydrogens (tertiary/aromatic N) is 2. The number of rotatable bonds is 3. The van der Waals surface area contributed by atoms with Crippen LogP contribution in [-0.4, -0.2) is 24.0 Å². The van der Waals surface area contributed by atoms with Crippen LogP contribution < -0.4 is 5.73 Å². The summed E-state index contributed by atoms with van der Waals surface area (Å²) in [4.78, 5) is 2.37. The first kappa shape index (κ1) is 15.0. The maximum absolute atomic E-state index is 13.5. The summed E-state index contributed by atoms with van der Waals surface area (Å²) in [6, 6.07) is 6.83. The number of hydrogen-bond donors (Lipinski definition) is 1. The molecule has 0 bridgehead atoms. The Labute approximate surface area is 120 Å². The lowest BCUT2D eigenvalue weighted by molar-refractivity contribution is 0.114. The average Bonchev–Trinajstić information content (AvgIpc) is 2.39. The Morgan fingerprint density at radius 3 is 2.90 bits per heavy atom. The number of nitrogens with two attached hydrogens (primary N) is 1. The predicted molar refractivity (Wildman–Crippen MR) is 77.5 cm³/mol. The van der Waals surface area contributed by atoms with Crippen LogP contribution in [0.1, 0.15) is 43.9 Å². The second kappa shape index (κ2) is 6.34. The minimum atomic E-state index is -0.462. The molecule has 2 rings (SSSR count). The Kier molecular flexibility index (Phi) is 4.74. The third-order valence-electron chi connectivity index (χ3n) is 3.83. The Bertz CT molecular complexity index is 507. The molecule has 1 saturated heterocycles. The van der Waals surface area contributed by atoms with Gasteiger partial charge in [0.15, 0.2) is 0 Å². The second-order valence-electron chi connectivity index (χ2n) is 5.99. The minimum absolute atomic E-state index is 0.0412. The van der Waals surface area contributed by atoms with Gasteiger partial charge in [0, 0.05) is 18.6 Å². The van der Waals surface area contributed by atoms with Crippen molar-refractivity contribution in [1.29, 1.82) is 5.26 Å². The van der Waals surface area contributed by atoms with Gasteiger partial charge in [0.05, 0.1) is 5.56 Å². The Hall–Kier alpha value is -1.44. The maximum atomic E-state index is 13.5. The molecule has 1 heterocycles. The fraction of sp³-hybridized carbons (Fsp3) is 0.562. The number of halogens is 1. The van der Waals surface area contributed by atoms with E-state index >= 15 is 0 Å². The van der Waals surface area contributed by atoms with Crippen molar-refractivity contribution in [3.63, 3.8) is 0 Å². The summed E-state index contributed by atoms with van der Waals surface area (Å²) in [7, 11) is 0. The van der Waals surface area contributed by atoms with Gasteiger partial charge < -0.3 is 5.73 Å². The summed E-state index contributed by atoms with van der Waals surface area (Å²) in [6.07, 6.45) is 2.06. The molecule has 3 nitrogen and oxygen atoms in total. The van der Waals surface area contributed by atoms with Gasteiger partial charge in [-0.05, 0) is 43.0 Å². The fourth-order valence-electron chi connectivity index (χ4n) is 3.04. The topological polar surface area (TPSA) is 53.0 Å². The van der Waals surface area contributed by atoms with Crippen molar-refractivity contribution in [2.75, 3.05) is 13.1 Å². The smallest absolute Gasteiger partial charge is 0.140 e. The number of hydrogen-bond acceptors (Lipinski definition) is 3. The van der Waals surface area contributed by atoms with E-state index in [1.165, 1.54) is 6.07 Å². The molecular formula is C16H22FN3. The lowest BCUT2D eigenvalue weighted by Crippen LogP contribution is -2.47. The molecule has 1 aromatic rings. The highest BCUT2D eigenvalue weighted by atomic mass is 19.1. The second-order valence-corrected chi connectivity index (χ2v) is 5.99. The third kappa shape index (κ3) is 3.17. The highest BCUT2D eigenvalue weighted by Gasteiger charge is 2.30. The van der Waals surface area contributed by atoms with E-state index in [0.29, 0.717) is 5.92 Å². The first-order chi connectivity index (χ1) is 9.52. The van der Waals surface area contributed by atoms with Crippen LogP contribution in [0.25, 0.3) is 0 Å². The molecule has 0 amide bonds. The van der Waals surface area contributed by atoms with Crippen LogP contribution in [-0.2, 0) is 0 Å². The molecule has 2 N–H and O–H groups in total. The quantitative estimate of drug-likeness (QED) is 0.923. The zero-order valence-corrected chi connectivity index (χ0v) is 12.1. The van der Waals surface area contributed by atoms with Gasteiger partial charge in [-0.2, -0.15) is 5.26 Å². The molecule has 0 aromatic heterocycles. The zero-order chi connectivity index (χ0) is 14.7. The standard InChI is InChI=1S/C16H22FN3/c1-11(2)10-20-7-3-4-15(19)16(20)12-5-6-14(17)13(8-12)9-18/h5-6,8,11,15-16H,3-4,7,10,19H2,1-2H3. The molecule has 1 aliphatic heterocycles. The molecular weight excluding hydrogens is 253 g/mol. The van der Waals surface area contributed by atoms with Crippen LogP contribution >= 0.6 is 0 Å². The summed E-state index contributed by atoms with van der Waals surface area (Å²) in [5.41, 5.74) is 7.34. The van der Waals surface area contributed by atoms with E-state index in [1.54, 1.807) is 12.1 Å². The number of likely N-dealkylation sites (tertiary alicyclic amines) is 1. The van der Waals surface area contributed by atoms with Gasteiger partial charge in [-0.3, -0.25) is 4.90 Å². The lowest BCUT2D eigenvalue weighted by Gasteiger charge is -2.41. The Morgan fingerprint density at radius 2 is 2.25 bits per heavy atom. The third-order valence-corrected chi connectivity index (χ3v) is 3.83. The predicted octanol–water partition coefficient (Wildman–Crippen LogP) is 2.82. The molecule has 20 heavy (non-hydrogen) atoms. The van der Waals surface area contributed by atoms with Crippen LogP contribution in [0.15, 0.2) is 18.2 Å². The van der Waals surface area contributed by atoms with Crippen molar-refractivity contribution in [3.8, 4) is 6.07 Å². The van der Waals surface area contributed by atoms with E-state index in [0.717, 1.165) is 31.5 Å². The number of nitriles is 1. The van der Waals surface area contributed by atoms with Crippen molar-refractivity contribution < 1.29 is 4.39 Å². The number of benzene rings is 1. The molecule has 0 aliphatic carbocycles. The van der Waals surface area contributed by atoms with Crippen LogP contribution in [0.2, 0.25) is 0 Å². The minimum Gasteiger partial charge on any atom is -0.326 e. The molecule has 0 saturated carbocycles. The van der Waals surface area contributed by atoms with Crippen LogP contribution in [0.5, 0.6) is 0 Å². The van der Waals surface area contributed by atoms with Gasteiger partial charge in [0.2, 0.25) is 0 Å². The monoisotopic (exact) mass is 275 g/mol. The van der Waals surface area contributed by atoms with E-state index < -0.39 is 5.82 Å². The van der Waals surface area contributed by atoms with E-state index in [-0.39, 0.29) is 17.6 Å². The van der Waals surface area contributed by atoms with Crippen molar-refractivity contribution in [1.82, 2.24) is 4.90 Å². The molecule has 2 unspecified atom stereocenters. The van der Waals surface area contributed by atoms with Gasteiger partial charge in [-0.1, -0.05) is 19.9 Å². The van der Waals surface area contributed by atoms with Crippen molar-refractivity contribution in [2.24, 2.45) is 11.7 Å². The number of piperidine rings is 1. The highest BCUT2D eigenvalue weighted by molar-refractivity contribution is 5.36. The van der Waals surface area contributed by atoms with E-state index in [9.17, 15) is 4.39 Å². The summed E-state index contributed by atoms with van der Waals surface area (Å²) >= 11 is 0. The van der Waals surface area contributed by atoms with Gasteiger partial charge in [0.25, 0.3) is 0 Å². The van der Waals surface area contributed by atoms with Crippen LogP contribution in [0, 0.1) is 23.1 Å². The van der Waals surface area contributed by atoms with Crippen LogP contribution in [0.4, 0.5) is 4.39 Å². The Balaban J connectivity index is 2.32. The van der Waals surface area contributed by atoms with Crippen molar-refractivity contribution in [2.45, 2.75) is 38.8 Å². The van der Waals surface area contributed by atoms with Gasteiger partial charge >= 0.3 is 0 Å². The SMILES string of the molecule is CC(C)CN1CCCC(N)C1c1ccc(F)c(C#N)c1. The summed E-state index contributed by atoms with van der Waals surface area (Å²) < 4.78 is 13.5. The zero-order valence-electron chi connectivity index (χ0n) is 12.1. The van der Waals surface area contributed by atoms with Crippen LogP contribution in [0.3, 0.4) is 0 Å². The molecule has 2 atom stereocenters. The molecule has 0 spiro atoms. The van der Waals surface area contributed by atoms with E-state index in [2.05, 4.69) is 18.7 Å². The summed E-state index contributed by atoms with van der Waals surface area (Å²) in [5.74, 6) is 0.0923. The first-order valence-corrected chi connectivity index (χ1v) is 7.22. The van der Waals surface area contributed by atoms with E-state index in [1.807, 2.05) is 6.07 Å². The molecule has 1 fully saturated rings. The normalized spacial score (nSPS) is 23.8. The van der Waals surface area contributed by atoms with Gasteiger partial charge in [0.1, 0.15) is 11.9 Å². The highest BCUT2D eigenvalue weighted by Crippen LogP contribution is 2.31. The maximum Gasteiger partial charge on any atom is 0.140 e. The summed E-state index contributed by atoms with van der Waals surface area (Å²) in [6.45, 7) is 6.35. The van der Waals surface area contributed by atoms with Gasteiger partial charge in [-0.25, -0.2) is 4.39 Å². The lowest BCUT2D eigenvalue weighted by atomic mass is 9.89. The fourth-order valence-corrected chi connectivity index (χ4v) is 3.04. The molecule has 1 aromatic carbocycles. The van der Waals surface area contributed by atoms with Gasteiger partial charge in [-0.15, -0.1) is 0 Å². The summed E-state index contributed by atoms with van der Waals surface area (Å²) in [5, 5.41) is 8.98. The van der Waals surface area contributed by atoms with Crippen molar-refractivity contribution in [3.05, 3.63) is 35.1 Å². The molecule has 108 valence electrons. The molecule has 1 aliphatic rings. The largest absolute Gasteiger partial charge is 0.326 e. The average molecular weight is 275 g/mol.